The van der Waals surface area contributed by atoms with Crippen LogP contribution in [-0.2, 0) is 30.2 Å². The Kier molecular flexibility index (Phi) is 9.03. The largest absolute Gasteiger partial charge is 0.416 e. The number of aromatic amines is 1. The van der Waals surface area contributed by atoms with Crippen LogP contribution in [0.15, 0.2) is 73.1 Å². The van der Waals surface area contributed by atoms with Crippen LogP contribution < -0.4 is 4.98 Å². The van der Waals surface area contributed by atoms with Gasteiger partial charge in [0, 0.05) is 18.2 Å². The lowest BCUT2D eigenvalue weighted by atomic mass is 9.91. The van der Waals surface area contributed by atoms with E-state index in [1.54, 1.807) is 0 Å². The first-order valence-corrected chi connectivity index (χ1v) is 11.3. The Morgan fingerprint density at radius 3 is 2.11 bits per heavy atom. The van der Waals surface area contributed by atoms with E-state index in [0.29, 0.717) is 13.0 Å². The predicted octanol–water partition coefficient (Wildman–Crippen LogP) is 6.88. The van der Waals surface area contributed by atoms with Gasteiger partial charge in [-0.25, -0.2) is 4.98 Å². The molecule has 2 heterocycles. The van der Waals surface area contributed by atoms with Crippen molar-refractivity contribution in [1.29, 1.82) is 0 Å². The van der Waals surface area contributed by atoms with Crippen molar-refractivity contribution in [2.24, 2.45) is 0 Å². The first-order chi connectivity index (χ1) is 16.6. The van der Waals surface area contributed by atoms with E-state index in [-0.39, 0.29) is 36.7 Å². The SMILES string of the molecule is Cl.FC(F)(F)c1cc(CO[C@@H]2CCCN(Cc3ccc[nH+]c3)[C@@H]2c2ccccc2)cc(C(F)(F)F)c1. The van der Waals surface area contributed by atoms with Crippen molar-refractivity contribution in [3.05, 3.63) is 101 Å². The highest BCUT2D eigenvalue weighted by Gasteiger charge is 2.38. The molecule has 2 atom stereocenters. The zero-order valence-corrected chi connectivity index (χ0v) is 20.0. The van der Waals surface area contributed by atoms with Gasteiger partial charge in [0.25, 0.3) is 0 Å². The molecule has 4 rings (SSSR count). The molecule has 0 saturated carbocycles. The Balaban J connectivity index is 0.00000361. The molecule has 0 radical (unpaired) electrons. The van der Waals surface area contributed by atoms with Gasteiger partial charge in [-0.15, -0.1) is 12.4 Å². The van der Waals surface area contributed by atoms with Gasteiger partial charge < -0.3 is 4.74 Å². The monoisotopic (exact) mass is 531 g/mol. The van der Waals surface area contributed by atoms with Crippen molar-refractivity contribution in [2.75, 3.05) is 6.54 Å². The van der Waals surface area contributed by atoms with Crippen LogP contribution in [0.5, 0.6) is 0 Å². The van der Waals surface area contributed by atoms with Crippen LogP contribution in [0, 0.1) is 0 Å². The number of rotatable bonds is 6. The summed E-state index contributed by atoms with van der Waals surface area (Å²) >= 11 is 0. The van der Waals surface area contributed by atoms with E-state index in [9.17, 15) is 26.3 Å². The van der Waals surface area contributed by atoms with Crippen molar-refractivity contribution < 1.29 is 36.1 Å². The van der Waals surface area contributed by atoms with E-state index in [0.717, 1.165) is 36.2 Å². The van der Waals surface area contributed by atoms with Crippen molar-refractivity contribution in [2.45, 2.75) is 50.5 Å². The smallest absolute Gasteiger partial charge is 0.372 e. The molecule has 0 spiro atoms. The zero-order valence-electron chi connectivity index (χ0n) is 19.1. The number of nitrogens with one attached hydrogen (secondary N) is 1. The maximum atomic E-state index is 13.3. The molecule has 36 heavy (non-hydrogen) atoms. The average Bonchev–Trinajstić information content (AvgIpc) is 2.83. The summed E-state index contributed by atoms with van der Waals surface area (Å²) in [5, 5.41) is 0. The minimum atomic E-state index is -4.89. The van der Waals surface area contributed by atoms with Crippen molar-refractivity contribution in [1.82, 2.24) is 4.90 Å². The lowest BCUT2D eigenvalue weighted by Gasteiger charge is -2.41. The van der Waals surface area contributed by atoms with Crippen LogP contribution in [0.4, 0.5) is 26.3 Å². The Bertz CT molecular complexity index is 1080. The fourth-order valence-corrected chi connectivity index (χ4v) is 4.52. The number of halogens is 7. The molecule has 1 aliphatic heterocycles. The van der Waals surface area contributed by atoms with Crippen LogP contribution in [0.3, 0.4) is 0 Å². The van der Waals surface area contributed by atoms with Gasteiger partial charge >= 0.3 is 12.4 Å². The maximum Gasteiger partial charge on any atom is 0.416 e. The van der Waals surface area contributed by atoms with Gasteiger partial charge in [0.05, 0.1) is 29.9 Å². The maximum absolute atomic E-state index is 13.3. The number of benzene rings is 2. The van der Waals surface area contributed by atoms with E-state index in [1.807, 2.05) is 54.9 Å². The molecule has 3 aromatic rings. The molecule has 1 aromatic heterocycles. The number of ether oxygens (including phenoxy) is 1. The fraction of sp³-hybridized carbons (Fsp3) is 0.346. The number of pyridine rings is 1. The van der Waals surface area contributed by atoms with E-state index < -0.39 is 29.6 Å². The summed E-state index contributed by atoms with van der Waals surface area (Å²) in [4.78, 5) is 5.29. The number of H-pyrrole nitrogens is 1. The number of alkyl halides is 6. The van der Waals surface area contributed by atoms with Crippen LogP contribution in [-0.4, -0.2) is 17.5 Å². The Morgan fingerprint density at radius 2 is 1.53 bits per heavy atom. The van der Waals surface area contributed by atoms with Gasteiger partial charge in [0.2, 0.25) is 0 Å². The van der Waals surface area contributed by atoms with Crippen LogP contribution in [0.25, 0.3) is 0 Å². The zero-order chi connectivity index (χ0) is 25.1. The molecular weight excluding hydrogens is 506 g/mol. The standard InChI is InChI=1S/C26H24F6N2O.ClH/c27-25(28,29)21-12-19(13-22(14-21)26(30,31)32)17-35-23-9-5-11-34(16-18-6-4-10-33-15-18)24(23)20-7-2-1-3-8-20;/h1-4,6-8,10,12-15,23-24H,5,9,11,16-17H2;1H/p+1/t23-,24-;/m1./s1. The Morgan fingerprint density at radius 1 is 0.861 bits per heavy atom. The second-order valence-electron chi connectivity index (χ2n) is 8.64. The lowest BCUT2D eigenvalue weighted by molar-refractivity contribution is -0.378. The molecule has 1 aliphatic rings. The summed E-state index contributed by atoms with van der Waals surface area (Å²) in [7, 11) is 0. The molecular formula is C26H26ClF6N2O+. The molecule has 1 saturated heterocycles. The third kappa shape index (κ3) is 6.99. The molecule has 1 fully saturated rings. The fourth-order valence-electron chi connectivity index (χ4n) is 4.52. The molecule has 1 N–H and O–H groups in total. The van der Waals surface area contributed by atoms with Gasteiger partial charge in [-0.3, -0.25) is 4.90 Å². The van der Waals surface area contributed by atoms with Crippen molar-refractivity contribution in [3.8, 4) is 0 Å². The summed E-state index contributed by atoms with van der Waals surface area (Å²) in [6.45, 7) is 1.06. The van der Waals surface area contributed by atoms with Gasteiger partial charge in [-0.05, 0) is 54.8 Å². The van der Waals surface area contributed by atoms with E-state index >= 15 is 0 Å². The highest BCUT2D eigenvalue weighted by Crippen LogP contribution is 2.38. The quantitative estimate of drug-likeness (QED) is 0.324. The normalized spacial score (nSPS) is 19.1. The number of hydrogen-bond acceptors (Lipinski definition) is 2. The van der Waals surface area contributed by atoms with E-state index in [4.69, 9.17) is 4.74 Å². The van der Waals surface area contributed by atoms with Crippen molar-refractivity contribution >= 4 is 12.4 Å². The van der Waals surface area contributed by atoms with Crippen LogP contribution >= 0.6 is 12.4 Å². The highest BCUT2D eigenvalue weighted by atomic mass is 35.5. The number of nitrogens with zero attached hydrogens (tertiary/aromatic N) is 1. The number of piperidine rings is 1. The lowest BCUT2D eigenvalue weighted by Crippen LogP contribution is -2.42. The van der Waals surface area contributed by atoms with Gasteiger partial charge in [-0.2, -0.15) is 26.3 Å². The molecule has 0 bridgehead atoms. The minimum absolute atomic E-state index is 0. The summed E-state index contributed by atoms with van der Waals surface area (Å²) in [5.41, 5.74) is -0.792. The Hall–Kier alpha value is -2.62. The highest BCUT2D eigenvalue weighted by molar-refractivity contribution is 5.85. The second kappa shape index (κ2) is 11.6. The second-order valence-corrected chi connectivity index (χ2v) is 8.64. The molecule has 194 valence electrons. The van der Waals surface area contributed by atoms with Crippen LogP contribution in [0.1, 0.15) is 46.7 Å². The number of hydrogen-bond donors (Lipinski definition) is 0. The van der Waals surface area contributed by atoms with E-state index in [1.165, 1.54) is 0 Å². The predicted molar refractivity (Wildman–Crippen MR) is 124 cm³/mol. The summed E-state index contributed by atoms with van der Waals surface area (Å²) in [6.07, 6.45) is -5.04. The van der Waals surface area contributed by atoms with Gasteiger partial charge in [-0.1, -0.05) is 30.3 Å². The first kappa shape index (κ1) is 28.0. The molecule has 0 amide bonds. The Labute approximate surface area is 211 Å². The number of likely N-dealkylation sites (tertiary alicyclic amines) is 1. The summed E-state index contributed by atoms with van der Waals surface area (Å²) in [5.74, 6) is 0. The molecule has 0 aliphatic carbocycles. The summed E-state index contributed by atoms with van der Waals surface area (Å²) < 4.78 is 85.6. The topological polar surface area (TPSA) is 26.6 Å². The minimum Gasteiger partial charge on any atom is -0.372 e. The molecule has 3 nitrogen and oxygen atoms in total. The first-order valence-electron chi connectivity index (χ1n) is 11.3. The molecule has 2 aromatic carbocycles. The average molecular weight is 532 g/mol. The molecule has 0 unspecified atom stereocenters. The van der Waals surface area contributed by atoms with Gasteiger partial charge in [0.15, 0.2) is 12.4 Å². The molecule has 10 heteroatoms. The van der Waals surface area contributed by atoms with Crippen molar-refractivity contribution in [3.63, 3.8) is 0 Å². The van der Waals surface area contributed by atoms with Crippen LogP contribution in [0.2, 0.25) is 0 Å². The summed E-state index contributed by atoms with van der Waals surface area (Å²) in [6, 6.07) is 14.9. The third-order valence-electron chi connectivity index (χ3n) is 6.09. The number of aromatic nitrogens is 1. The van der Waals surface area contributed by atoms with Gasteiger partial charge in [0.1, 0.15) is 0 Å². The third-order valence-corrected chi connectivity index (χ3v) is 6.09. The van der Waals surface area contributed by atoms with E-state index in [2.05, 4.69) is 9.88 Å².